The van der Waals surface area contributed by atoms with Crippen LogP contribution in [0.5, 0.6) is 0 Å². The molecule has 0 aliphatic carbocycles. The number of nitrogens with zero attached hydrogens (tertiary/aromatic N) is 2. The number of carbonyl (C=O) groups is 1. The van der Waals surface area contributed by atoms with Gasteiger partial charge in [0.1, 0.15) is 5.66 Å². The molecule has 2 aromatic rings. The van der Waals surface area contributed by atoms with Gasteiger partial charge in [-0.05, 0) is 17.7 Å². The molecule has 7 nitrogen and oxygen atoms in total. The highest BCUT2D eigenvalue weighted by Gasteiger charge is 2.48. The van der Waals surface area contributed by atoms with E-state index in [2.05, 4.69) is 5.32 Å². The first-order valence-corrected chi connectivity index (χ1v) is 10.8. The molecule has 2 aromatic carbocycles. The zero-order chi connectivity index (χ0) is 19.8. The Morgan fingerprint density at radius 2 is 1.68 bits per heavy atom. The molecule has 1 N–H and O–H groups in total. The van der Waals surface area contributed by atoms with Gasteiger partial charge in [0.2, 0.25) is 10.0 Å². The average molecular weight is 401 g/mol. The molecule has 0 aromatic heterocycles. The third-order valence-corrected chi connectivity index (χ3v) is 7.27. The molecule has 0 unspecified atom stereocenters. The summed E-state index contributed by atoms with van der Waals surface area (Å²) >= 11 is 0. The molecule has 0 atom stereocenters. The minimum absolute atomic E-state index is 0.0238. The van der Waals surface area contributed by atoms with E-state index in [1.54, 1.807) is 6.07 Å². The van der Waals surface area contributed by atoms with Crippen LogP contribution in [0.2, 0.25) is 0 Å². The van der Waals surface area contributed by atoms with Gasteiger partial charge in [-0.25, -0.2) is 12.7 Å². The van der Waals surface area contributed by atoms with Crippen molar-refractivity contribution in [1.29, 1.82) is 0 Å². The van der Waals surface area contributed by atoms with E-state index >= 15 is 0 Å². The highest BCUT2D eigenvalue weighted by Crippen LogP contribution is 2.38. The van der Waals surface area contributed by atoms with Gasteiger partial charge in [-0.3, -0.25) is 9.63 Å². The molecule has 8 heteroatoms. The molecule has 0 saturated carbocycles. The zero-order valence-electron chi connectivity index (χ0n) is 15.7. The van der Waals surface area contributed by atoms with Gasteiger partial charge >= 0.3 is 0 Å². The van der Waals surface area contributed by atoms with E-state index in [1.807, 2.05) is 48.5 Å². The van der Waals surface area contributed by atoms with Crippen LogP contribution in [0.15, 0.2) is 54.6 Å². The lowest BCUT2D eigenvalue weighted by Gasteiger charge is -2.50. The first-order valence-electron chi connectivity index (χ1n) is 9.23. The summed E-state index contributed by atoms with van der Waals surface area (Å²) in [6.45, 7) is 0.634. The van der Waals surface area contributed by atoms with Crippen molar-refractivity contribution in [2.75, 3.05) is 25.5 Å². The maximum absolute atomic E-state index is 12.9. The van der Waals surface area contributed by atoms with Gasteiger partial charge in [-0.1, -0.05) is 42.5 Å². The van der Waals surface area contributed by atoms with E-state index in [0.717, 1.165) is 11.3 Å². The van der Waals surface area contributed by atoms with Crippen molar-refractivity contribution in [2.45, 2.75) is 24.3 Å². The van der Waals surface area contributed by atoms with Crippen molar-refractivity contribution in [3.63, 3.8) is 0 Å². The van der Waals surface area contributed by atoms with Crippen molar-refractivity contribution >= 4 is 21.6 Å². The number of hydrogen-bond acceptors (Lipinski definition) is 5. The molecular weight excluding hydrogens is 378 g/mol. The summed E-state index contributed by atoms with van der Waals surface area (Å²) < 4.78 is 27.2. The Kier molecular flexibility index (Phi) is 4.86. The summed E-state index contributed by atoms with van der Waals surface area (Å²) in [5.41, 5.74) is 1.32. The van der Waals surface area contributed by atoms with E-state index in [0.29, 0.717) is 31.5 Å². The number of amides is 1. The van der Waals surface area contributed by atoms with Crippen molar-refractivity contribution in [3.8, 4) is 0 Å². The molecule has 2 aliphatic rings. The second-order valence-electron chi connectivity index (χ2n) is 7.13. The molecule has 148 valence electrons. The number of rotatable bonds is 4. The molecule has 28 heavy (non-hydrogen) atoms. The maximum atomic E-state index is 12.9. The lowest BCUT2D eigenvalue weighted by molar-refractivity contribution is -0.166. The van der Waals surface area contributed by atoms with Crippen molar-refractivity contribution in [1.82, 2.24) is 9.37 Å². The number of carbonyl (C=O) groups excluding carboxylic acids is 1. The Hall–Kier alpha value is -2.42. The number of para-hydroxylation sites is 1. The van der Waals surface area contributed by atoms with Crippen LogP contribution in [0, 0.1) is 0 Å². The van der Waals surface area contributed by atoms with Gasteiger partial charge in [-0.2, -0.15) is 5.06 Å². The molecule has 0 radical (unpaired) electrons. The Labute approximate surface area is 164 Å². The van der Waals surface area contributed by atoms with E-state index in [9.17, 15) is 13.2 Å². The third kappa shape index (κ3) is 3.28. The Morgan fingerprint density at radius 3 is 2.36 bits per heavy atom. The number of nitrogens with one attached hydrogen (secondary N) is 1. The summed E-state index contributed by atoms with van der Waals surface area (Å²) in [6.07, 6.45) is 0.879. The molecule has 1 amide bonds. The molecule has 2 heterocycles. The number of hydrogen-bond donors (Lipinski definition) is 1. The van der Waals surface area contributed by atoms with Gasteiger partial charge in [0.15, 0.2) is 0 Å². The minimum Gasteiger partial charge on any atom is -0.360 e. The van der Waals surface area contributed by atoms with E-state index in [1.165, 1.54) is 16.5 Å². The second kappa shape index (κ2) is 7.20. The number of anilines is 1. The average Bonchev–Trinajstić information content (AvgIpc) is 2.69. The molecule has 0 bridgehead atoms. The van der Waals surface area contributed by atoms with Crippen LogP contribution in [0.25, 0.3) is 0 Å². The third-order valence-electron chi connectivity index (χ3n) is 5.42. The summed E-state index contributed by atoms with van der Waals surface area (Å²) in [5.74, 6) is -0.234. The minimum atomic E-state index is -3.43. The van der Waals surface area contributed by atoms with E-state index < -0.39 is 15.7 Å². The lowest BCUT2D eigenvalue weighted by Crippen LogP contribution is -2.64. The van der Waals surface area contributed by atoms with Crippen LogP contribution in [-0.2, 0) is 20.6 Å². The molecule has 4 rings (SSSR count). The van der Waals surface area contributed by atoms with Gasteiger partial charge in [0.25, 0.3) is 5.91 Å². The fourth-order valence-corrected chi connectivity index (χ4v) is 5.52. The van der Waals surface area contributed by atoms with Gasteiger partial charge < -0.3 is 5.32 Å². The summed E-state index contributed by atoms with van der Waals surface area (Å²) in [4.78, 5) is 18.3. The molecular formula is C20H23N3O4S. The number of benzene rings is 2. The first-order chi connectivity index (χ1) is 13.5. The van der Waals surface area contributed by atoms with Crippen LogP contribution in [-0.4, -0.2) is 49.6 Å². The summed E-state index contributed by atoms with van der Waals surface area (Å²) in [7, 11) is -1.96. The summed E-state index contributed by atoms with van der Waals surface area (Å²) in [6, 6.07) is 16.5. The van der Waals surface area contributed by atoms with Crippen LogP contribution in [0.4, 0.5) is 5.69 Å². The molecule has 1 spiro atoms. The zero-order valence-corrected chi connectivity index (χ0v) is 16.5. The smallest absolute Gasteiger partial charge is 0.281 e. The number of sulfonamides is 1. The monoisotopic (exact) mass is 401 g/mol. The maximum Gasteiger partial charge on any atom is 0.281 e. The standard InChI is InChI=1S/C20H23N3O4S/c1-27-23-19(24)17-9-5-6-10-18(17)21-20(23)11-13-22(14-12-20)28(25,26)15-16-7-3-2-4-8-16/h2-10,21H,11-15H2,1H3. The van der Waals surface area contributed by atoms with Crippen molar-refractivity contribution < 1.29 is 18.0 Å². The van der Waals surface area contributed by atoms with Crippen LogP contribution in [0.3, 0.4) is 0 Å². The number of hydroxylamine groups is 2. The largest absolute Gasteiger partial charge is 0.360 e. The fourth-order valence-electron chi connectivity index (χ4n) is 3.98. The van der Waals surface area contributed by atoms with Gasteiger partial charge in [-0.15, -0.1) is 0 Å². The predicted octanol–water partition coefficient (Wildman–Crippen LogP) is 2.44. The van der Waals surface area contributed by atoms with Gasteiger partial charge in [0.05, 0.1) is 18.4 Å². The van der Waals surface area contributed by atoms with Crippen molar-refractivity contribution in [2.24, 2.45) is 0 Å². The fraction of sp³-hybridized carbons (Fsp3) is 0.350. The Morgan fingerprint density at radius 1 is 1.04 bits per heavy atom. The van der Waals surface area contributed by atoms with Crippen molar-refractivity contribution in [3.05, 3.63) is 65.7 Å². The molecule has 2 aliphatic heterocycles. The normalized spacial score (nSPS) is 19.3. The highest BCUT2D eigenvalue weighted by atomic mass is 32.2. The predicted molar refractivity (Wildman–Crippen MR) is 106 cm³/mol. The Bertz CT molecular complexity index is 970. The van der Waals surface area contributed by atoms with E-state index in [-0.39, 0.29) is 11.7 Å². The lowest BCUT2D eigenvalue weighted by atomic mass is 9.93. The molecule has 1 fully saturated rings. The quantitative estimate of drug-likeness (QED) is 0.851. The first kappa shape index (κ1) is 18.9. The molecule has 1 saturated heterocycles. The van der Waals surface area contributed by atoms with E-state index in [4.69, 9.17) is 4.84 Å². The Balaban J connectivity index is 1.53. The SMILES string of the molecule is CON1C(=O)c2ccccc2NC12CCN(S(=O)(=O)Cc1ccccc1)CC2. The number of piperidine rings is 1. The topological polar surface area (TPSA) is 79.0 Å². The summed E-state index contributed by atoms with van der Waals surface area (Å²) in [5, 5.41) is 4.78. The van der Waals surface area contributed by atoms with Crippen LogP contribution >= 0.6 is 0 Å². The highest BCUT2D eigenvalue weighted by molar-refractivity contribution is 7.88. The van der Waals surface area contributed by atoms with Gasteiger partial charge in [0, 0.05) is 31.6 Å². The second-order valence-corrected chi connectivity index (χ2v) is 9.09. The number of fused-ring (bicyclic) bond motifs is 1. The van der Waals surface area contributed by atoms with Crippen LogP contribution < -0.4 is 5.32 Å². The van der Waals surface area contributed by atoms with Crippen LogP contribution in [0.1, 0.15) is 28.8 Å².